The maximum Gasteiger partial charge on any atom is 0.408 e. The van der Waals surface area contributed by atoms with Crippen LogP contribution in [0.4, 0.5) is 4.79 Å². The molecule has 0 bridgehead atoms. The second-order valence-corrected chi connectivity index (χ2v) is 5.40. The molecule has 0 fully saturated rings. The number of alkyl carbamates (subject to hydrolysis) is 1. The molecule has 0 aromatic carbocycles. The van der Waals surface area contributed by atoms with E-state index in [2.05, 4.69) is 5.32 Å². The van der Waals surface area contributed by atoms with Crippen molar-refractivity contribution in [2.45, 2.75) is 58.2 Å². The number of nitrogens with two attached hydrogens (primary N) is 1. The summed E-state index contributed by atoms with van der Waals surface area (Å²) in [6.45, 7) is 8.41. The highest BCUT2D eigenvalue weighted by Gasteiger charge is 2.34. The standard InChI is InChI=1S/C11H22N2O4/c1-7(12)11(5,6-8(14)15)13-9(16)17-10(2,3)4/h7H,6,12H2,1-5H3,(H,13,16)(H,14,15). The van der Waals surface area contributed by atoms with Crippen molar-refractivity contribution in [3.8, 4) is 0 Å². The van der Waals surface area contributed by atoms with Gasteiger partial charge in [-0.25, -0.2) is 4.79 Å². The number of hydrogen-bond donors (Lipinski definition) is 3. The summed E-state index contributed by atoms with van der Waals surface area (Å²) in [6, 6.07) is -0.508. The second kappa shape index (κ2) is 5.35. The molecule has 0 aliphatic rings. The van der Waals surface area contributed by atoms with Gasteiger partial charge in [-0.1, -0.05) is 0 Å². The molecule has 0 spiro atoms. The van der Waals surface area contributed by atoms with Crippen LogP contribution in [0.5, 0.6) is 0 Å². The SMILES string of the molecule is CC(N)C(C)(CC(=O)O)NC(=O)OC(C)(C)C. The average molecular weight is 246 g/mol. The smallest absolute Gasteiger partial charge is 0.408 e. The highest BCUT2D eigenvalue weighted by Crippen LogP contribution is 2.15. The Morgan fingerprint density at radius 3 is 2.12 bits per heavy atom. The average Bonchev–Trinajstić information content (AvgIpc) is 1.96. The lowest BCUT2D eigenvalue weighted by Crippen LogP contribution is -2.58. The van der Waals surface area contributed by atoms with E-state index in [0.29, 0.717) is 0 Å². The van der Waals surface area contributed by atoms with Crippen molar-refractivity contribution in [1.82, 2.24) is 5.32 Å². The Morgan fingerprint density at radius 2 is 1.82 bits per heavy atom. The van der Waals surface area contributed by atoms with Crippen molar-refractivity contribution in [3.63, 3.8) is 0 Å². The number of nitrogens with one attached hydrogen (secondary N) is 1. The zero-order valence-corrected chi connectivity index (χ0v) is 11.0. The summed E-state index contributed by atoms with van der Waals surface area (Å²) >= 11 is 0. The van der Waals surface area contributed by atoms with Crippen LogP contribution in [0.25, 0.3) is 0 Å². The zero-order chi connectivity index (χ0) is 13.9. The molecule has 2 unspecified atom stereocenters. The Kier molecular flexibility index (Phi) is 4.94. The van der Waals surface area contributed by atoms with Crippen LogP contribution < -0.4 is 11.1 Å². The van der Waals surface area contributed by atoms with Crippen molar-refractivity contribution in [3.05, 3.63) is 0 Å². The molecule has 100 valence electrons. The lowest BCUT2D eigenvalue weighted by atomic mass is 9.90. The Labute approximate surface area is 102 Å². The Hall–Kier alpha value is -1.30. The molecule has 6 heteroatoms. The number of carboxylic acid groups (broad SMARTS) is 1. The monoisotopic (exact) mass is 246 g/mol. The van der Waals surface area contributed by atoms with Crippen LogP contribution >= 0.6 is 0 Å². The van der Waals surface area contributed by atoms with E-state index in [-0.39, 0.29) is 6.42 Å². The van der Waals surface area contributed by atoms with Gasteiger partial charge in [0, 0.05) is 6.04 Å². The molecule has 1 amide bonds. The van der Waals surface area contributed by atoms with Crippen LogP contribution in [0.2, 0.25) is 0 Å². The molecule has 17 heavy (non-hydrogen) atoms. The number of ether oxygens (including phenoxy) is 1. The van der Waals surface area contributed by atoms with Gasteiger partial charge in [0.05, 0.1) is 12.0 Å². The molecule has 0 aliphatic heterocycles. The quantitative estimate of drug-likeness (QED) is 0.689. The minimum absolute atomic E-state index is 0.260. The number of hydrogen-bond acceptors (Lipinski definition) is 4. The van der Waals surface area contributed by atoms with Crippen molar-refractivity contribution >= 4 is 12.1 Å². The number of amides is 1. The summed E-state index contributed by atoms with van der Waals surface area (Å²) in [5.74, 6) is -1.03. The van der Waals surface area contributed by atoms with Crippen LogP contribution in [0.15, 0.2) is 0 Å². The van der Waals surface area contributed by atoms with Crippen molar-refractivity contribution in [2.24, 2.45) is 5.73 Å². The minimum atomic E-state index is -1.03. The topological polar surface area (TPSA) is 102 Å². The fourth-order valence-corrected chi connectivity index (χ4v) is 1.17. The number of rotatable bonds is 4. The van der Waals surface area contributed by atoms with Gasteiger partial charge in [-0.2, -0.15) is 0 Å². The summed E-state index contributed by atoms with van der Waals surface area (Å²) in [5, 5.41) is 11.3. The van der Waals surface area contributed by atoms with Gasteiger partial charge in [-0.15, -0.1) is 0 Å². The third kappa shape index (κ3) is 6.11. The van der Waals surface area contributed by atoms with Gasteiger partial charge in [0.2, 0.25) is 0 Å². The largest absolute Gasteiger partial charge is 0.481 e. The molecule has 0 saturated carbocycles. The maximum atomic E-state index is 11.6. The Bertz CT molecular complexity index is 296. The van der Waals surface area contributed by atoms with E-state index in [1.165, 1.54) is 0 Å². The van der Waals surface area contributed by atoms with Crippen molar-refractivity contribution < 1.29 is 19.4 Å². The first-order chi connectivity index (χ1) is 7.46. The summed E-state index contributed by atoms with van der Waals surface area (Å²) < 4.78 is 5.07. The van der Waals surface area contributed by atoms with E-state index in [0.717, 1.165) is 0 Å². The molecular weight excluding hydrogens is 224 g/mol. The molecule has 0 heterocycles. The summed E-state index contributed by atoms with van der Waals surface area (Å²) in [6.07, 6.45) is -0.928. The highest BCUT2D eigenvalue weighted by atomic mass is 16.6. The number of aliphatic carboxylic acids is 1. The fraction of sp³-hybridized carbons (Fsp3) is 0.818. The zero-order valence-electron chi connectivity index (χ0n) is 11.0. The van der Waals surface area contributed by atoms with Crippen molar-refractivity contribution in [2.75, 3.05) is 0 Å². The van der Waals surface area contributed by atoms with Gasteiger partial charge < -0.3 is 20.9 Å². The van der Waals surface area contributed by atoms with Crippen LogP contribution in [0.3, 0.4) is 0 Å². The van der Waals surface area contributed by atoms with Gasteiger partial charge in [0.1, 0.15) is 5.60 Å². The first kappa shape index (κ1) is 15.7. The summed E-state index contributed by atoms with van der Waals surface area (Å²) in [4.78, 5) is 22.3. The predicted molar refractivity (Wildman–Crippen MR) is 63.7 cm³/mol. The van der Waals surface area contributed by atoms with Gasteiger partial charge in [-0.05, 0) is 34.6 Å². The van der Waals surface area contributed by atoms with E-state index in [4.69, 9.17) is 15.6 Å². The molecule has 4 N–H and O–H groups in total. The molecule has 2 atom stereocenters. The second-order valence-electron chi connectivity index (χ2n) is 5.40. The third-order valence-corrected chi connectivity index (χ3v) is 2.31. The van der Waals surface area contributed by atoms with Gasteiger partial charge in [-0.3, -0.25) is 4.79 Å². The lowest BCUT2D eigenvalue weighted by Gasteiger charge is -2.33. The van der Waals surface area contributed by atoms with Crippen LogP contribution in [-0.2, 0) is 9.53 Å². The van der Waals surface area contributed by atoms with E-state index >= 15 is 0 Å². The van der Waals surface area contributed by atoms with Crippen LogP contribution in [-0.4, -0.2) is 34.4 Å². The molecule has 0 aliphatic carbocycles. The van der Waals surface area contributed by atoms with Crippen molar-refractivity contribution in [1.29, 1.82) is 0 Å². The van der Waals surface area contributed by atoms with Crippen LogP contribution in [0.1, 0.15) is 41.0 Å². The van der Waals surface area contributed by atoms with Gasteiger partial charge >= 0.3 is 12.1 Å². The Balaban J connectivity index is 4.66. The number of carboxylic acids is 1. The van der Waals surface area contributed by atoms with Gasteiger partial charge in [0.15, 0.2) is 0 Å². The lowest BCUT2D eigenvalue weighted by molar-refractivity contribution is -0.138. The molecular formula is C11H22N2O4. The van der Waals surface area contributed by atoms with Gasteiger partial charge in [0.25, 0.3) is 0 Å². The Morgan fingerprint density at radius 1 is 1.35 bits per heavy atom. The maximum absolute atomic E-state index is 11.6. The predicted octanol–water partition coefficient (Wildman–Crippen LogP) is 1.09. The summed E-state index contributed by atoms with van der Waals surface area (Å²) in [5.41, 5.74) is 4.03. The minimum Gasteiger partial charge on any atom is -0.481 e. The first-order valence-corrected chi connectivity index (χ1v) is 5.45. The molecule has 0 aromatic rings. The van der Waals surface area contributed by atoms with E-state index in [1.54, 1.807) is 34.6 Å². The molecule has 6 nitrogen and oxygen atoms in total. The molecule has 0 aromatic heterocycles. The molecule has 0 rings (SSSR count). The van der Waals surface area contributed by atoms with E-state index in [1.807, 2.05) is 0 Å². The number of carbonyl (C=O) groups excluding carboxylic acids is 1. The molecule has 0 radical (unpaired) electrons. The normalized spacial score (nSPS) is 16.8. The fourth-order valence-electron chi connectivity index (χ4n) is 1.17. The number of carbonyl (C=O) groups is 2. The van der Waals surface area contributed by atoms with E-state index in [9.17, 15) is 9.59 Å². The van der Waals surface area contributed by atoms with Crippen LogP contribution in [0, 0.1) is 0 Å². The summed E-state index contributed by atoms with van der Waals surface area (Å²) in [7, 11) is 0. The highest BCUT2D eigenvalue weighted by molar-refractivity contribution is 5.73. The third-order valence-electron chi connectivity index (χ3n) is 2.31. The molecule has 0 saturated heterocycles. The first-order valence-electron chi connectivity index (χ1n) is 5.45. The van der Waals surface area contributed by atoms with E-state index < -0.39 is 29.2 Å².